The number of aliphatic hydroxyl groups is 1. The maximum Gasteiger partial charge on any atom is 0.290 e. The first-order valence-corrected chi connectivity index (χ1v) is 10.2. The molecule has 1 amide bonds. The highest BCUT2D eigenvalue weighted by Crippen LogP contribution is 2.41. The molecule has 1 atom stereocenters. The summed E-state index contributed by atoms with van der Waals surface area (Å²) in [5.74, 6) is -1.55. The van der Waals surface area contributed by atoms with Crippen LogP contribution in [0.4, 0.5) is 0 Å². The number of benzene rings is 1. The highest BCUT2D eigenvalue weighted by Gasteiger charge is 2.44. The molecule has 1 aliphatic heterocycles. The van der Waals surface area contributed by atoms with Gasteiger partial charge < -0.3 is 19.2 Å². The van der Waals surface area contributed by atoms with Crippen molar-refractivity contribution >= 4 is 49.9 Å². The fourth-order valence-electron chi connectivity index (χ4n) is 3.31. The second-order valence-electron chi connectivity index (χ2n) is 6.29. The lowest BCUT2D eigenvalue weighted by Gasteiger charge is -2.25. The molecule has 0 saturated carbocycles. The number of hydrogen-bond acceptors (Lipinski definition) is 6. The van der Waals surface area contributed by atoms with Crippen LogP contribution in [-0.4, -0.2) is 42.0 Å². The fraction of sp³-hybridized carbons (Fsp3) is 0.200. The van der Waals surface area contributed by atoms with Gasteiger partial charge >= 0.3 is 0 Å². The molecule has 3 heterocycles. The first-order chi connectivity index (χ1) is 13.5. The SMILES string of the molecule is COCCN1C(=O)C(O)=C(C(=O)c2cc3cc(Br)ccc3o2)C1c1cccs1. The van der Waals surface area contributed by atoms with E-state index in [2.05, 4.69) is 15.9 Å². The van der Waals surface area contributed by atoms with Gasteiger partial charge in [0, 0.05) is 28.4 Å². The molecule has 0 radical (unpaired) electrons. The average Bonchev–Trinajstić information content (AvgIpc) is 3.39. The van der Waals surface area contributed by atoms with Crippen molar-refractivity contribution in [3.8, 4) is 0 Å². The maximum absolute atomic E-state index is 13.3. The van der Waals surface area contributed by atoms with E-state index >= 15 is 0 Å². The van der Waals surface area contributed by atoms with Gasteiger partial charge in [0.1, 0.15) is 5.58 Å². The molecule has 144 valence electrons. The molecule has 1 unspecified atom stereocenters. The smallest absolute Gasteiger partial charge is 0.290 e. The Bertz CT molecular complexity index is 1090. The summed E-state index contributed by atoms with van der Waals surface area (Å²) in [6.45, 7) is 0.548. The van der Waals surface area contributed by atoms with E-state index in [0.29, 0.717) is 12.2 Å². The summed E-state index contributed by atoms with van der Waals surface area (Å²) in [6.07, 6.45) is 0. The molecule has 6 nitrogen and oxygen atoms in total. The Morgan fingerprint density at radius 1 is 1.36 bits per heavy atom. The fourth-order valence-corrected chi connectivity index (χ4v) is 4.53. The molecule has 2 aromatic heterocycles. The van der Waals surface area contributed by atoms with Crippen molar-refractivity contribution in [3.63, 3.8) is 0 Å². The third-order valence-electron chi connectivity index (χ3n) is 4.60. The Hall–Kier alpha value is -2.42. The first-order valence-electron chi connectivity index (χ1n) is 8.51. The van der Waals surface area contributed by atoms with Gasteiger partial charge in [-0.1, -0.05) is 22.0 Å². The zero-order chi connectivity index (χ0) is 19.8. The van der Waals surface area contributed by atoms with Crippen molar-refractivity contribution in [3.05, 3.63) is 68.2 Å². The lowest BCUT2D eigenvalue weighted by atomic mass is 10.0. The van der Waals surface area contributed by atoms with E-state index in [0.717, 1.165) is 14.7 Å². The minimum atomic E-state index is -0.671. The Labute approximate surface area is 173 Å². The second kappa shape index (κ2) is 7.54. The molecule has 0 spiro atoms. The highest BCUT2D eigenvalue weighted by molar-refractivity contribution is 9.10. The van der Waals surface area contributed by atoms with Crippen LogP contribution >= 0.6 is 27.3 Å². The monoisotopic (exact) mass is 461 g/mol. The van der Waals surface area contributed by atoms with Crippen LogP contribution < -0.4 is 0 Å². The predicted molar refractivity (Wildman–Crippen MR) is 109 cm³/mol. The van der Waals surface area contributed by atoms with Crippen molar-refractivity contribution in [2.45, 2.75) is 6.04 Å². The number of ether oxygens (including phenoxy) is 1. The number of fused-ring (bicyclic) bond motifs is 1. The standard InChI is InChI=1S/C20H16BrNO5S/c1-26-7-6-22-17(15-3-2-8-28-15)16(19(24)20(22)25)18(23)14-10-11-9-12(21)4-5-13(11)27-14/h2-5,8-10,17,24H,6-7H2,1H3. The van der Waals surface area contributed by atoms with Crippen molar-refractivity contribution in [2.24, 2.45) is 0 Å². The van der Waals surface area contributed by atoms with E-state index < -0.39 is 23.5 Å². The number of carbonyl (C=O) groups is 2. The van der Waals surface area contributed by atoms with E-state index in [9.17, 15) is 14.7 Å². The molecule has 4 rings (SSSR count). The number of amides is 1. The van der Waals surface area contributed by atoms with Gasteiger partial charge in [-0.15, -0.1) is 11.3 Å². The Morgan fingerprint density at radius 3 is 2.89 bits per heavy atom. The normalized spacial score (nSPS) is 17.1. The molecule has 28 heavy (non-hydrogen) atoms. The quantitative estimate of drug-likeness (QED) is 0.547. The Kier molecular flexibility index (Phi) is 5.09. The zero-order valence-electron chi connectivity index (χ0n) is 14.8. The van der Waals surface area contributed by atoms with Crippen LogP contribution in [0.2, 0.25) is 0 Å². The minimum absolute atomic E-state index is 0.0293. The molecule has 1 aliphatic rings. The molecular weight excluding hydrogens is 446 g/mol. The highest BCUT2D eigenvalue weighted by atomic mass is 79.9. The van der Waals surface area contributed by atoms with Gasteiger partial charge in [0.25, 0.3) is 5.91 Å². The molecule has 0 fully saturated rings. The molecule has 8 heteroatoms. The van der Waals surface area contributed by atoms with Crippen LogP contribution in [0, 0.1) is 0 Å². The van der Waals surface area contributed by atoms with Crippen LogP contribution in [0.25, 0.3) is 11.0 Å². The number of furan rings is 1. The molecular formula is C20H16BrNO5S. The maximum atomic E-state index is 13.3. The summed E-state index contributed by atoms with van der Waals surface area (Å²) in [6, 6.07) is 10.0. The number of ketones is 1. The summed E-state index contributed by atoms with van der Waals surface area (Å²) >= 11 is 4.81. The van der Waals surface area contributed by atoms with E-state index in [1.54, 1.807) is 12.1 Å². The zero-order valence-corrected chi connectivity index (χ0v) is 17.2. The lowest BCUT2D eigenvalue weighted by Crippen LogP contribution is -2.33. The topological polar surface area (TPSA) is 80.0 Å². The van der Waals surface area contributed by atoms with E-state index in [1.807, 2.05) is 29.6 Å². The minimum Gasteiger partial charge on any atom is -0.503 e. The van der Waals surface area contributed by atoms with Gasteiger partial charge in [-0.3, -0.25) is 9.59 Å². The van der Waals surface area contributed by atoms with Gasteiger partial charge in [0.2, 0.25) is 5.78 Å². The van der Waals surface area contributed by atoms with Crippen LogP contribution in [0.15, 0.2) is 62.0 Å². The van der Waals surface area contributed by atoms with Gasteiger partial charge in [-0.05, 0) is 35.7 Å². The number of Topliss-reactive ketones (excluding diaryl/α,β-unsaturated/α-hetero) is 1. The predicted octanol–water partition coefficient (Wildman–Crippen LogP) is 4.48. The molecule has 1 N–H and O–H groups in total. The second-order valence-corrected chi connectivity index (χ2v) is 8.19. The van der Waals surface area contributed by atoms with Gasteiger partial charge in [-0.25, -0.2) is 0 Å². The van der Waals surface area contributed by atoms with Gasteiger partial charge in [0.15, 0.2) is 11.5 Å². The molecule has 0 saturated heterocycles. The summed E-state index contributed by atoms with van der Waals surface area (Å²) in [5, 5.41) is 13.2. The number of nitrogens with zero attached hydrogens (tertiary/aromatic N) is 1. The van der Waals surface area contributed by atoms with Crippen LogP contribution in [-0.2, 0) is 9.53 Å². The van der Waals surface area contributed by atoms with E-state index in [4.69, 9.17) is 9.15 Å². The number of carbonyl (C=O) groups excluding carboxylic acids is 2. The van der Waals surface area contributed by atoms with Gasteiger partial charge in [-0.2, -0.15) is 0 Å². The van der Waals surface area contributed by atoms with Crippen LogP contribution in [0.3, 0.4) is 0 Å². The van der Waals surface area contributed by atoms with Crippen molar-refractivity contribution < 1.29 is 23.8 Å². The van der Waals surface area contributed by atoms with E-state index in [1.165, 1.54) is 23.3 Å². The van der Waals surface area contributed by atoms with Crippen molar-refractivity contribution in [1.29, 1.82) is 0 Å². The summed E-state index contributed by atoms with van der Waals surface area (Å²) in [5.41, 5.74) is 0.585. The summed E-state index contributed by atoms with van der Waals surface area (Å²) in [7, 11) is 1.53. The summed E-state index contributed by atoms with van der Waals surface area (Å²) < 4.78 is 11.6. The van der Waals surface area contributed by atoms with Crippen molar-refractivity contribution in [1.82, 2.24) is 4.90 Å². The van der Waals surface area contributed by atoms with Crippen LogP contribution in [0.5, 0.6) is 0 Å². The van der Waals surface area contributed by atoms with Gasteiger partial charge in [0.05, 0.1) is 18.2 Å². The Balaban J connectivity index is 1.78. The molecule has 0 aliphatic carbocycles. The number of methoxy groups -OCH3 is 1. The molecule has 3 aromatic rings. The largest absolute Gasteiger partial charge is 0.503 e. The lowest BCUT2D eigenvalue weighted by molar-refractivity contribution is -0.130. The third kappa shape index (κ3) is 3.17. The molecule has 1 aromatic carbocycles. The number of aliphatic hydroxyl groups excluding tert-OH is 1. The van der Waals surface area contributed by atoms with Crippen molar-refractivity contribution in [2.75, 3.05) is 20.3 Å². The molecule has 0 bridgehead atoms. The number of thiophene rings is 1. The first kappa shape index (κ1) is 18.9. The van der Waals surface area contributed by atoms with Crippen LogP contribution in [0.1, 0.15) is 21.5 Å². The Morgan fingerprint density at radius 2 is 2.18 bits per heavy atom. The number of halogens is 1. The third-order valence-corrected chi connectivity index (χ3v) is 6.02. The number of hydrogen-bond donors (Lipinski definition) is 1. The summed E-state index contributed by atoms with van der Waals surface area (Å²) in [4.78, 5) is 28.2. The van der Waals surface area contributed by atoms with E-state index in [-0.39, 0.29) is 17.9 Å². The average molecular weight is 462 g/mol. The number of rotatable bonds is 6.